The number of aromatic nitrogens is 2. The van der Waals surface area contributed by atoms with Gasteiger partial charge in [0.05, 0.1) is 6.33 Å². The normalized spacial score (nSPS) is 9.23. The molecule has 0 fully saturated rings. The van der Waals surface area contributed by atoms with Gasteiger partial charge in [0, 0.05) is 12.4 Å². The second-order valence-electron chi connectivity index (χ2n) is 3.43. The summed E-state index contributed by atoms with van der Waals surface area (Å²) >= 11 is 0. The van der Waals surface area contributed by atoms with Gasteiger partial charge in [-0.1, -0.05) is 20.8 Å². The molecule has 0 aliphatic carbocycles. The van der Waals surface area contributed by atoms with Gasteiger partial charge in [0.1, 0.15) is 6.54 Å². The smallest absolute Gasteiger partial charge is 0.237 e. The van der Waals surface area contributed by atoms with Crippen molar-refractivity contribution < 1.29 is 4.79 Å². The minimum Gasteiger partial charge on any atom is -0.368 e. The number of rotatable bonds is 2. The van der Waals surface area contributed by atoms with Crippen molar-refractivity contribution in [1.82, 2.24) is 9.55 Å². The molecule has 1 amide bonds. The van der Waals surface area contributed by atoms with Crippen molar-refractivity contribution >= 4 is 5.91 Å². The van der Waals surface area contributed by atoms with Crippen LogP contribution in [0.3, 0.4) is 0 Å². The third kappa shape index (κ3) is 8.59. The molecule has 0 atom stereocenters. The summed E-state index contributed by atoms with van der Waals surface area (Å²) in [5.41, 5.74) is 4.90. The molecule has 2 N–H and O–H groups in total. The highest BCUT2D eigenvalue weighted by Gasteiger charge is 1.92. The summed E-state index contributed by atoms with van der Waals surface area (Å²) in [6, 6.07) is 0. The van der Waals surface area contributed by atoms with Crippen molar-refractivity contribution in [3.8, 4) is 0 Å². The lowest BCUT2D eigenvalue weighted by Gasteiger charge is -1.93. The summed E-state index contributed by atoms with van der Waals surface area (Å²) in [6.45, 7) is 6.71. The minimum absolute atomic E-state index is 0.208. The summed E-state index contributed by atoms with van der Waals surface area (Å²) in [7, 11) is 0. The Bertz CT molecular complexity index is 226. The van der Waals surface area contributed by atoms with E-state index in [1.54, 1.807) is 23.3 Å². The van der Waals surface area contributed by atoms with E-state index in [2.05, 4.69) is 25.8 Å². The molecule has 0 bridgehead atoms. The number of amides is 1. The first kappa shape index (κ1) is 11.7. The number of carbonyl (C=O) groups excluding carboxylic acids is 1. The number of imidazole rings is 1. The van der Waals surface area contributed by atoms with Gasteiger partial charge in [0.2, 0.25) is 5.91 Å². The van der Waals surface area contributed by atoms with E-state index in [1.165, 1.54) is 0 Å². The Hall–Kier alpha value is -1.32. The van der Waals surface area contributed by atoms with Gasteiger partial charge in [-0.05, 0) is 5.92 Å². The van der Waals surface area contributed by atoms with E-state index in [0.717, 1.165) is 5.92 Å². The number of nitrogens with zero attached hydrogens (tertiary/aromatic N) is 2. The predicted octanol–water partition coefficient (Wildman–Crippen LogP) is 1.03. The minimum atomic E-state index is -0.354. The lowest BCUT2D eigenvalue weighted by molar-refractivity contribution is -0.118. The molecule has 1 aromatic rings. The van der Waals surface area contributed by atoms with Crippen LogP contribution in [0.1, 0.15) is 20.8 Å². The Balaban J connectivity index is 0.000000310. The van der Waals surface area contributed by atoms with E-state index in [4.69, 9.17) is 5.73 Å². The van der Waals surface area contributed by atoms with Gasteiger partial charge in [-0.15, -0.1) is 0 Å². The molecule has 0 unspecified atom stereocenters. The van der Waals surface area contributed by atoms with Crippen molar-refractivity contribution in [2.24, 2.45) is 11.7 Å². The molecule has 0 spiro atoms. The summed E-state index contributed by atoms with van der Waals surface area (Å²) in [5, 5.41) is 0. The molecular weight excluding hydrogens is 166 g/mol. The van der Waals surface area contributed by atoms with Gasteiger partial charge in [0.25, 0.3) is 0 Å². The lowest BCUT2D eigenvalue weighted by Crippen LogP contribution is -2.17. The van der Waals surface area contributed by atoms with Crippen LogP contribution in [-0.4, -0.2) is 15.5 Å². The SMILES string of the molecule is CC(C)C.NC(=O)Cn1ccnc1. The molecule has 4 nitrogen and oxygen atoms in total. The van der Waals surface area contributed by atoms with E-state index in [1.807, 2.05) is 0 Å². The Labute approximate surface area is 78.8 Å². The van der Waals surface area contributed by atoms with Gasteiger partial charge in [-0.2, -0.15) is 0 Å². The van der Waals surface area contributed by atoms with Crippen molar-refractivity contribution in [1.29, 1.82) is 0 Å². The van der Waals surface area contributed by atoms with Crippen LogP contribution >= 0.6 is 0 Å². The molecule has 74 valence electrons. The van der Waals surface area contributed by atoms with Crippen molar-refractivity contribution in [2.75, 3.05) is 0 Å². The Kier molecular flexibility index (Phi) is 5.59. The number of primary amides is 1. The first-order valence-electron chi connectivity index (χ1n) is 4.26. The molecule has 0 saturated carbocycles. The number of hydrogen-bond acceptors (Lipinski definition) is 2. The largest absolute Gasteiger partial charge is 0.368 e. The summed E-state index contributed by atoms with van der Waals surface area (Å²) in [4.78, 5) is 14.0. The molecule has 0 aromatic carbocycles. The predicted molar refractivity (Wildman–Crippen MR) is 51.9 cm³/mol. The lowest BCUT2D eigenvalue weighted by atomic mass is 10.3. The maximum atomic E-state index is 10.2. The van der Waals surface area contributed by atoms with Crippen LogP contribution in [0.5, 0.6) is 0 Å². The average molecular weight is 183 g/mol. The van der Waals surface area contributed by atoms with E-state index in [0.29, 0.717) is 0 Å². The molecular formula is C9H17N3O. The zero-order chi connectivity index (χ0) is 10.3. The van der Waals surface area contributed by atoms with Gasteiger partial charge in [-0.3, -0.25) is 4.79 Å². The average Bonchev–Trinajstić information content (AvgIpc) is 2.36. The van der Waals surface area contributed by atoms with Crippen molar-refractivity contribution in [3.05, 3.63) is 18.7 Å². The van der Waals surface area contributed by atoms with Crippen LogP contribution in [0.4, 0.5) is 0 Å². The van der Waals surface area contributed by atoms with Gasteiger partial charge >= 0.3 is 0 Å². The fourth-order valence-electron chi connectivity index (χ4n) is 0.560. The Morgan fingerprint density at radius 2 is 2.08 bits per heavy atom. The molecule has 4 heteroatoms. The molecule has 0 radical (unpaired) electrons. The van der Waals surface area contributed by atoms with Crippen LogP contribution < -0.4 is 5.73 Å². The quantitative estimate of drug-likeness (QED) is 0.744. The van der Waals surface area contributed by atoms with Crippen molar-refractivity contribution in [2.45, 2.75) is 27.3 Å². The standard InChI is InChI=1S/C5H7N3O.C4H10/c6-5(9)3-8-2-1-7-4-8;1-4(2)3/h1-2,4H,3H2,(H2,6,9);4H,1-3H3. The fourth-order valence-corrected chi connectivity index (χ4v) is 0.560. The molecule has 0 aliphatic rings. The highest BCUT2D eigenvalue weighted by atomic mass is 16.1. The first-order chi connectivity index (χ1) is 6.02. The maximum absolute atomic E-state index is 10.2. The second-order valence-corrected chi connectivity index (χ2v) is 3.43. The highest BCUT2D eigenvalue weighted by Crippen LogP contribution is 1.82. The third-order valence-electron chi connectivity index (χ3n) is 0.898. The van der Waals surface area contributed by atoms with Gasteiger partial charge in [0.15, 0.2) is 0 Å². The number of hydrogen-bond donors (Lipinski definition) is 1. The fraction of sp³-hybridized carbons (Fsp3) is 0.556. The van der Waals surface area contributed by atoms with Crippen LogP contribution in [0.15, 0.2) is 18.7 Å². The molecule has 13 heavy (non-hydrogen) atoms. The van der Waals surface area contributed by atoms with Crippen LogP contribution in [0.25, 0.3) is 0 Å². The molecule has 0 saturated heterocycles. The van der Waals surface area contributed by atoms with E-state index in [9.17, 15) is 4.79 Å². The van der Waals surface area contributed by atoms with Gasteiger partial charge < -0.3 is 10.3 Å². The topological polar surface area (TPSA) is 60.9 Å². The van der Waals surface area contributed by atoms with E-state index in [-0.39, 0.29) is 12.5 Å². The van der Waals surface area contributed by atoms with Crippen LogP contribution in [0.2, 0.25) is 0 Å². The van der Waals surface area contributed by atoms with Crippen LogP contribution in [0, 0.1) is 5.92 Å². The second kappa shape index (κ2) is 6.22. The molecule has 1 heterocycles. The summed E-state index contributed by atoms with van der Waals surface area (Å²) in [6.07, 6.45) is 4.83. The molecule has 1 rings (SSSR count). The monoisotopic (exact) mass is 183 g/mol. The Morgan fingerprint density at radius 3 is 2.38 bits per heavy atom. The Morgan fingerprint density at radius 1 is 1.54 bits per heavy atom. The number of carbonyl (C=O) groups is 1. The van der Waals surface area contributed by atoms with Crippen LogP contribution in [-0.2, 0) is 11.3 Å². The van der Waals surface area contributed by atoms with Crippen molar-refractivity contribution in [3.63, 3.8) is 0 Å². The molecule has 1 aromatic heterocycles. The molecule has 0 aliphatic heterocycles. The van der Waals surface area contributed by atoms with Gasteiger partial charge in [-0.25, -0.2) is 4.98 Å². The summed E-state index contributed by atoms with van der Waals surface area (Å²) < 4.78 is 1.61. The first-order valence-corrected chi connectivity index (χ1v) is 4.26. The zero-order valence-corrected chi connectivity index (χ0v) is 8.40. The summed E-state index contributed by atoms with van der Waals surface area (Å²) in [5.74, 6) is 0.480. The van der Waals surface area contributed by atoms with E-state index < -0.39 is 0 Å². The number of nitrogens with two attached hydrogens (primary N) is 1. The highest BCUT2D eigenvalue weighted by molar-refractivity contribution is 5.73. The zero-order valence-electron chi connectivity index (χ0n) is 8.40. The third-order valence-corrected chi connectivity index (χ3v) is 0.898. The maximum Gasteiger partial charge on any atom is 0.237 e. The van der Waals surface area contributed by atoms with E-state index >= 15 is 0 Å².